The molecule has 0 atom stereocenters. The lowest BCUT2D eigenvalue weighted by Gasteiger charge is -2.23. The van der Waals surface area contributed by atoms with Crippen molar-refractivity contribution in [3.8, 4) is 0 Å². The van der Waals surface area contributed by atoms with Crippen LogP contribution in [0.15, 0.2) is 29.4 Å². The molecule has 2 aliphatic rings. The van der Waals surface area contributed by atoms with Gasteiger partial charge < -0.3 is 15.4 Å². The number of methoxy groups -OCH3 is 1. The minimum absolute atomic E-state index is 0.148. The van der Waals surface area contributed by atoms with Crippen LogP contribution in [-0.4, -0.2) is 43.7 Å². The van der Waals surface area contributed by atoms with Crippen molar-refractivity contribution in [1.29, 1.82) is 0 Å². The molecule has 9 heteroatoms. The summed E-state index contributed by atoms with van der Waals surface area (Å²) in [6.07, 6.45) is 5.04. The lowest BCUT2D eigenvalue weighted by molar-refractivity contribution is -0.118. The molecule has 0 bridgehead atoms. The van der Waals surface area contributed by atoms with Crippen molar-refractivity contribution in [2.24, 2.45) is 5.10 Å². The summed E-state index contributed by atoms with van der Waals surface area (Å²) in [5, 5.41) is 12.1. The molecule has 2 N–H and O–H groups in total. The van der Waals surface area contributed by atoms with Gasteiger partial charge in [-0.1, -0.05) is 12.1 Å². The summed E-state index contributed by atoms with van der Waals surface area (Å²) >= 11 is 1.47. The Morgan fingerprint density at radius 1 is 1.15 bits per heavy atom. The standard InChI is InChI=1S/C25H30N4O4S/c1-16-7-5-8-17(15-16)29-21(30)12-11-19(28-29)23(31)27-25-22(24(32)26-13-6-14-33-2)18-9-3-4-10-20(18)34-25/h5,7-8,15H,3-4,6,9-14H2,1-2H3,(H,26,32)(H,27,31). The predicted molar refractivity (Wildman–Crippen MR) is 134 cm³/mol. The SMILES string of the molecule is COCCCNC(=O)c1c(NC(=O)C2=NN(c3cccc(C)c3)C(=O)CC2)sc2c1CCCC2. The van der Waals surface area contributed by atoms with Crippen molar-refractivity contribution < 1.29 is 19.1 Å². The van der Waals surface area contributed by atoms with Crippen LogP contribution in [0.5, 0.6) is 0 Å². The average molecular weight is 483 g/mol. The Bertz CT molecular complexity index is 1120. The molecule has 0 unspecified atom stereocenters. The van der Waals surface area contributed by atoms with Crippen LogP contribution < -0.4 is 15.6 Å². The Balaban J connectivity index is 1.56. The second kappa shape index (κ2) is 10.9. The number of hydrogen-bond acceptors (Lipinski definition) is 6. The number of hydrogen-bond donors (Lipinski definition) is 2. The number of nitrogens with one attached hydrogen (secondary N) is 2. The second-order valence-corrected chi connectivity index (χ2v) is 9.67. The number of benzene rings is 1. The molecule has 1 aliphatic heterocycles. The Morgan fingerprint density at radius 2 is 1.97 bits per heavy atom. The molecule has 1 aliphatic carbocycles. The summed E-state index contributed by atoms with van der Waals surface area (Å²) in [6, 6.07) is 7.46. The number of anilines is 2. The van der Waals surface area contributed by atoms with Gasteiger partial charge in [-0.25, -0.2) is 5.01 Å². The summed E-state index contributed by atoms with van der Waals surface area (Å²) in [5.41, 5.74) is 3.52. The number of aryl methyl sites for hydroxylation is 2. The zero-order valence-corrected chi connectivity index (χ0v) is 20.4. The van der Waals surface area contributed by atoms with Crippen LogP contribution in [0, 0.1) is 6.92 Å². The monoisotopic (exact) mass is 482 g/mol. The molecule has 2 heterocycles. The van der Waals surface area contributed by atoms with Crippen molar-refractivity contribution >= 4 is 45.5 Å². The number of amides is 3. The number of rotatable bonds is 8. The zero-order valence-electron chi connectivity index (χ0n) is 19.6. The quantitative estimate of drug-likeness (QED) is 0.559. The van der Waals surface area contributed by atoms with Gasteiger partial charge in [-0.15, -0.1) is 11.3 Å². The van der Waals surface area contributed by atoms with Crippen LogP contribution >= 0.6 is 11.3 Å². The van der Waals surface area contributed by atoms with Gasteiger partial charge in [0.05, 0.1) is 11.3 Å². The normalized spacial score (nSPS) is 15.5. The molecule has 8 nitrogen and oxygen atoms in total. The van der Waals surface area contributed by atoms with Gasteiger partial charge in [0.25, 0.3) is 11.8 Å². The second-order valence-electron chi connectivity index (χ2n) is 8.56. The van der Waals surface area contributed by atoms with Crippen LogP contribution in [0.4, 0.5) is 10.7 Å². The van der Waals surface area contributed by atoms with Gasteiger partial charge in [0, 0.05) is 38.0 Å². The maximum Gasteiger partial charge on any atom is 0.272 e. The van der Waals surface area contributed by atoms with Crippen LogP contribution in [0.3, 0.4) is 0 Å². The molecule has 4 rings (SSSR count). The number of carbonyl (C=O) groups excluding carboxylic acids is 3. The van der Waals surface area contributed by atoms with E-state index in [0.29, 0.717) is 29.4 Å². The van der Waals surface area contributed by atoms with Crippen LogP contribution in [0.1, 0.15) is 58.5 Å². The van der Waals surface area contributed by atoms with E-state index in [1.807, 2.05) is 25.1 Å². The van der Waals surface area contributed by atoms with Gasteiger partial charge in [0.1, 0.15) is 10.7 Å². The molecule has 0 fully saturated rings. The lowest BCUT2D eigenvalue weighted by atomic mass is 9.95. The van der Waals surface area contributed by atoms with E-state index in [1.165, 1.54) is 16.3 Å². The topological polar surface area (TPSA) is 100 Å². The molecule has 2 aromatic rings. The molecule has 180 valence electrons. The van der Waals surface area contributed by atoms with Crippen molar-refractivity contribution in [3.63, 3.8) is 0 Å². The molecular formula is C25H30N4O4S. The average Bonchev–Trinajstić information content (AvgIpc) is 3.19. The molecule has 1 aromatic heterocycles. The van der Waals surface area contributed by atoms with Gasteiger partial charge in [0.2, 0.25) is 5.91 Å². The highest BCUT2D eigenvalue weighted by atomic mass is 32.1. The highest BCUT2D eigenvalue weighted by molar-refractivity contribution is 7.17. The van der Waals surface area contributed by atoms with E-state index >= 15 is 0 Å². The highest BCUT2D eigenvalue weighted by Crippen LogP contribution is 2.38. The zero-order chi connectivity index (χ0) is 24.1. The molecule has 0 spiro atoms. The maximum atomic E-state index is 13.2. The van der Waals surface area contributed by atoms with Crippen molar-refractivity contribution in [1.82, 2.24) is 5.32 Å². The number of nitrogens with zero attached hydrogens (tertiary/aromatic N) is 2. The summed E-state index contributed by atoms with van der Waals surface area (Å²) in [5.74, 6) is -0.699. The lowest BCUT2D eigenvalue weighted by Crippen LogP contribution is -2.36. The third-order valence-electron chi connectivity index (χ3n) is 5.98. The Morgan fingerprint density at radius 3 is 2.76 bits per heavy atom. The molecule has 3 amide bonds. The van der Waals surface area contributed by atoms with Gasteiger partial charge in [-0.3, -0.25) is 14.4 Å². The van der Waals surface area contributed by atoms with Gasteiger partial charge >= 0.3 is 0 Å². The fourth-order valence-electron chi connectivity index (χ4n) is 4.25. The fourth-order valence-corrected chi connectivity index (χ4v) is 5.54. The molecule has 1 aromatic carbocycles. The summed E-state index contributed by atoms with van der Waals surface area (Å²) in [7, 11) is 1.63. The number of hydrazone groups is 1. The molecular weight excluding hydrogens is 452 g/mol. The number of fused-ring (bicyclic) bond motifs is 1. The first kappa shape index (κ1) is 24.1. The Labute approximate surface area is 203 Å². The van der Waals surface area contributed by atoms with E-state index in [1.54, 1.807) is 13.2 Å². The van der Waals surface area contributed by atoms with Crippen LogP contribution in [-0.2, 0) is 27.2 Å². The fraction of sp³-hybridized carbons (Fsp3) is 0.440. The van der Waals surface area contributed by atoms with Crippen molar-refractivity contribution in [3.05, 3.63) is 45.8 Å². The van der Waals surface area contributed by atoms with Crippen molar-refractivity contribution in [2.75, 3.05) is 30.6 Å². The van der Waals surface area contributed by atoms with Crippen molar-refractivity contribution in [2.45, 2.75) is 51.9 Å². The highest BCUT2D eigenvalue weighted by Gasteiger charge is 2.29. The van der Waals surface area contributed by atoms with Gasteiger partial charge in [0.15, 0.2) is 0 Å². The van der Waals surface area contributed by atoms with E-state index in [-0.39, 0.29) is 36.3 Å². The van der Waals surface area contributed by atoms with Crippen LogP contribution in [0.2, 0.25) is 0 Å². The van der Waals surface area contributed by atoms with Gasteiger partial charge in [-0.2, -0.15) is 5.10 Å². The molecule has 34 heavy (non-hydrogen) atoms. The Hall–Kier alpha value is -3.04. The summed E-state index contributed by atoms with van der Waals surface area (Å²) in [4.78, 5) is 39.9. The Kier molecular flexibility index (Phi) is 7.74. The summed E-state index contributed by atoms with van der Waals surface area (Å²) in [6.45, 7) is 3.02. The summed E-state index contributed by atoms with van der Waals surface area (Å²) < 4.78 is 5.06. The maximum absolute atomic E-state index is 13.2. The van der Waals surface area contributed by atoms with E-state index in [4.69, 9.17) is 4.74 Å². The first-order valence-corrected chi connectivity index (χ1v) is 12.5. The van der Waals surface area contributed by atoms with E-state index in [2.05, 4.69) is 15.7 Å². The minimum atomic E-state index is -0.378. The smallest absolute Gasteiger partial charge is 0.272 e. The van der Waals surface area contributed by atoms with Crippen LogP contribution in [0.25, 0.3) is 0 Å². The molecule has 0 saturated heterocycles. The first-order chi connectivity index (χ1) is 16.5. The van der Waals surface area contributed by atoms with E-state index in [9.17, 15) is 14.4 Å². The van der Waals surface area contributed by atoms with E-state index < -0.39 is 0 Å². The predicted octanol–water partition coefficient (Wildman–Crippen LogP) is 3.82. The minimum Gasteiger partial charge on any atom is -0.385 e. The third kappa shape index (κ3) is 5.37. The molecule has 0 radical (unpaired) electrons. The number of carbonyl (C=O) groups is 3. The largest absolute Gasteiger partial charge is 0.385 e. The number of ether oxygens (including phenoxy) is 1. The number of thiophene rings is 1. The third-order valence-corrected chi connectivity index (χ3v) is 7.18. The molecule has 0 saturated carbocycles. The van der Waals surface area contributed by atoms with E-state index in [0.717, 1.165) is 48.1 Å². The van der Waals surface area contributed by atoms with Gasteiger partial charge in [-0.05, 0) is 62.3 Å². The first-order valence-electron chi connectivity index (χ1n) is 11.7.